The van der Waals surface area contributed by atoms with Crippen molar-refractivity contribution < 1.29 is 47.9 Å². The van der Waals surface area contributed by atoms with E-state index in [4.69, 9.17) is 19.3 Å². The van der Waals surface area contributed by atoms with Crippen molar-refractivity contribution in [3.05, 3.63) is 72.8 Å². The SMILES string of the molecule is Cn1c(-c2ccc(OCCOCCOCCO)cc2)[n+](C)c2c3ccccc3c3ccccc3c21.[I-]. The molecule has 36 heavy (non-hydrogen) atoms. The molecule has 6 nitrogen and oxygen atoms in total. The summed E-state index contributed by atoms with van der Waals surface area (Å²) in [5.41, 5.74) is 3.60. The van der Waals surface area contributed by atoms with Gasteiger partial charge in [0.1, 0.15) is 12.4 Å². The van der Waals surface area contributed by atoms with Crippen LogP contribution in [0.25, 0.3) is 44.0 Å². The first-order valence-corrected chi connectivity index (χ1v) is 12.0. The van der Waals surface area contributed by atoms with E-state index in [9.17, 15) is 0 Å². The van der Waals surface area contributed by atoms with E-state index in [0.29, 0.717) is 33.0 Å². The van der Waals surface area contributed by atoms with Crippen molar-refractivity contribution in [3.8, 4) is 17.1 Å². The monoisotopic (exact) mass is 598 g/mol. The molecule has 0 unspecified atom stereocenters. The van der Waals surface area contributed by atoms with Gasteiger partial charge in [-0.15, -0.1) is 0 Å². The Morgan fingerprint density at radius 2 is 1.28 bits per heavy atom. The Labute approximate surface area is 228 Å². The van der Waals surface area contributed by atoms with Crippen LogP contribution in [0, 0.1) is 0 Å². The summed E-state index contributed by atoms with van der Waals surface area (Å²) in [7, 11) is 4.29. The van der Waals surface area contributed by atoms with Gasteiger partial charge in [0.15, 0.2) is 11.0 Å². The minimum absolute atomic E-state index is 0. The van der Waals surface area contributed by atoms with Crippen molar-refractivity contribution in [2.45, 2.75) is 0 Å². The summed E-state index contributed by atoms with van der Waals surface area (Å²) in [6, 6.07) is 25.5. The predicted molar refractivity (Wildman–Crippen MR) is 139 cm³/mol. The Morgan fingerprint density at radius 3 is 1.94 bits per heavy atom. The average molecular weight is 598 g/mol. The number of hydrogen-bond acceptors (Lipinski definition) is 4. The number of halogens is 1. The maximum absolute atomic E-state index is 8.69. The van der Waals surface area contributed by atoms with Crippen molar-refractivity contribution >= 4 is 32.6 Å². The summed E-state index contributed by atoms with van der Waals surface area (Å²) in [6.07, 6.45) is 0. The molecule has 1 N–H and O–H groups in total. The number of aliphatic hydroxyl groups excluding tert-OH is 1. The molecule has 0 atom stereocenters. The third-order valence-electron chi connectivity index (χ3n) is 6.40. The fourth-order valence-corrected chi connectivity index (χ4v) is 4.91. The standard InChI is InChI=1S/C29H31N2O4.HI/c1-30-27-25-9-5-3-7-23(25)24-8-4-6-10-26(24)28(27)31(2)29(30)21-11-13-22(14-12-21)35-20-19-34-18-17-33-16-15-32;/h3-14,32H,15-20H2,1-2H3;1H/q+1;/p-1. The third kappa shape index (κ3) is 5.06. The Balaban J connectivity index is 0.00000304. The van der Waals surface area contributed by atoms with E-state index in [1.54, 1.807) is 0 Å². The number of aliphatic hydroxyl groups is 1. The highest BCUT2D eigenvalue weighted by molar-refractivity contribution is 6.22. The van der Waals surface area contributed by atoms with Crippen molar-refractivity contribution in [3.63, 3.8) is 0 Å². The summed E-state index contributed by atoms with van der Waals surface area (Å²) in [4.78, 5) is 0. The molecule has 0 aliphatic heterocycles. The zero-order valence-corrected chi connectivity index (χ0v) is 22.8. The van der Waals surface area contributed by atoms with E-state index in [1.807, 2.05) is 12.1 Å². The van der Waals surface area contributed by atoms with Gasteiger partial charge in [0, 0.05) is 10.8 Å². The normalized spacial score (nSPS) is 11.3. The van der Waals surface area contributed by atoms with E-state index < -0.39 is 0 Å². The molecule has 7 heteroatoms. The van der Waals surface area contributed by atoms with Gasteiger partial charge >= 0.3 is 0 Å². The number of hydrogen-bond donors (Lipinski definition) is 1. The maximum Gasteiger partial charge on any atom is 0.289 e. The van der Waals surface area contributed by atoms with Crippen LogP contribution in [-0.4, -0.2) is 49.3 Å². The molecule has 0 radical (unpaired) electrons. The predicted octanol–water partition coefficient (Wildman–Crippen LogP) is 1.38. The van der Waals surface area contributed by atoms with Crippen LogP contribution in [0.15, 0.2) is 72.8 Å². The second-order valence-corrected chi connectivity index (χ2v) is 8.55. The molecule has 1 heterocycles. The molecule has 0 spiro atoms. The van der Waals surface area contributed by atoms with E-state index in [0.717, 1.165) is 17.1 Å². The highest BCUT2D eigenvalue weighted by Gasteiger charge is 2.26. The van der Waals surface area contributed by atoms with Crippen molar-refractivity contribution in [2.24, 2.45) is 14.1 Å². The number of benzene rings is 4. The number of aromatic nitrogens is 2. The van der Waals surface area contributed by atoms with Crippen LogP contribution < -0.4 is 33.3 Å². The Hall–Kier alpha value is -2.72. The molecule has 0 amide bonds. The first kappa shape index (κ1) is 26.3. The topological polar surface area (TPSA) is 56.7 Å². The number of aryl methyl sites for hydroxylation is 2. The molecule has 188 valence electrons. The molecule has 1 aromatic heterocycles. The molecule has 0 aliphatic rings. The van der Waals surface area contributed by atoms with Crippen LogP contribution in [0.5, 0.6) is 5.75 Å². The van der Waals surface area contributed by atoms with E-state index in [-0.39, 0.29) is 30.6 Å². The minimum Gasteiger partial charge on any atom is -1.00 e. The van der Waals surface area contributed by atoms with Gasteiger partial charge in [0.2, 0.25) is 0 Å². The Bertz CT molecular complexity index is 1390. The minimum atomic E-state index is 0. The molecular weight excluding hydrogens is 567 g/mol. The molecule has 4 aromatic carbocycles. The first-order chi connectivity index (χ1) is 17.2. The molecule has 0 bridgehead atoms. The van der Waals surface area contributed by atoms with Crippen molar-refractivity contribution in [1.82, 2.24) is 4.57 Å². The van der Waals surface area contributed by atoms with Crippen LogP contribution in [0.4, 0.5) is 0 Å². The maximum atomic E-state index is 8.69. The van der Waals surface area contributed by atoms with Crippen LogP contribution in [-0.2, 0) is 23.6 Å². The summed E-state index contributed by atoms with van der Waals surface area (Å²) < 4.78 is 21.1. The highest BCUT2D eigenvalue weighted by atomic mass is 127. The van der Waals surface area contributed by atoms with Gasteiger partial charge in [-0.05, 0) is 47.2 Å². The lowest BCUT2D eigenvalue weighted by Crippen LogP contribution is -3.00. The molecule has 0 saturated heterocycles. The van der Waals surface area contributed by atoms with Crippen LogP contribution in [0.1, 0.15) is 0 Å². The van der Waals surface area contributed by atoms with Gasteiger partial charge in [-0.2, -0.15) is 0 Å². The number of rotatable bonds is 10. The zero-order chi connectivity index (χ0) is 24.2. The molecule has 0 saturated carbocycles. The van der Waals surface area contributed by atoms with Gasteiger partial charge < -0.3 is 43.3 Å². The molecule has 5 aromatic rings. The largest absolute Gasteiger partial charge is 1.00 e. The zero-order valence-electron chi connectivity index (χ0n) is 20.6. The van der Waals surface area contributed by atoms with E-state index in [1.165, 1.54) is 32.6 Å². The lowest BCUT2D eigenvalue weighted by atomic mass is 10.00. The fraction of sp³-hybridized carbons (Fsp3) is 0.276. The Kier molecular flexibility index (Phi) is 8.79. The lowest BCUT2D eigenvalue weighted by Gasteiger charge is -2.08. The highest BCUT2D eigenvalue weighted by Crippen LogP contribution is 2.35. The first-order valence-electron chi connectivity index (χ1n) is 12.0. The van der Waals surface area contributed by atoms with Crippen molar-refractivity contribution in [1.29, 1.82) is 0 Å². The van der Waals surface area contributed by atoms with Gasteiger partial charge in [0.05, 0.1) is 52.7 Å². The van der Waals surface area contributed by atoms with Crippen molar-refractivity contribution in [2.75, 3.05) is 39.6 Å². The molecule has 5 rings (SSSR count). The second-order valence-electron chi connectivity index (χ2n) is 8.55. The van der Waals surface area contributed by atoms with Gasteiger partial charge in [0.25, 0.3) is 5.82 Å². The van der Waals surface area contributed by atoms with E-state index in [2.05, 4.69) is 83.9 Å². The van der Waals surface area contributed by atoms with Crippen LogP contribution >= 0.6 is 0 Å². The van der Waals surface area contributed by atoms with Gasteiger partial charge in [-0.25, -0.2) is 9.13 Å². The average Bonchev–Trinajstić information content (AvgIpc) is 3.16. The number of fused-ring (bicyclic) bond motifs is 6. The summed E-state index contributed by atoms with van der Waals surface area (Å²) >= 11 is 0. The van der Waals surface area contributed by atoms with E-state index >= 15 is 0 Å². The summed E-state index contributed by atoms with van der Waals surface area (Å²) in [6.45, 7) is 2.29. The molecule has 0 aliphatic carbocycles. The lowest BCUT2D eigenvalue weighted by molar-refractivity contribution is -0.633. The number of nitrogens with zero attached hydrogens (tertiary/aromatic N) is 2. The quantitative estimate of drug-likeness (QED) is 0.114. The van der Waals surface area contributed by atoms with Gasteiger partial charge in [-0.1, -0.05) is 36.4 Å². The van der Waals surface area contributed by atoms with Crippen LogP contribution in [0.2, 0.25) is 0 Å². The van der Waals surface area contributed by atoms with Crippen LogP contribution in [0.3, 0.4) is 0 Å². The third-order valence-corrected chi connectivity index (χ3v) is 6.40. The molecule has 0 fully saturated rings. The summed E-state index contributed by atoms with van der Waals surface area (Å²) in [5.74, 6) is 1.95. The fourth-order valence-electron chi connectivity index (χ4n) is 4.91. The Morgan fingerprint density at radius 1 is 0.722 bits per heavy atom. The smallest absolute Gasteiger partial charge is 0.289 e. The molecular formula is C29H31IN2O4. The number of ether oxygens (including phenoxy) is 3. The second kappa shape index (κ2) is 12.0. The number of imidazole rings is 1. The summed E-state index contributed by atoms with van der Waals surface area (Å²) in [5, 5.41) is 13.7. The van der Waals surface area contributed by atoms with Gasteiger partial charge in [-0.3, -0.25) is 0 Å².